The summed E-state index contributed by atoms with van der Waals surface area (Å²) in [6.45, 7) is 7.34. The zero-order valence-electron chi connectivity index (χ0n) is 7.04. The van der Waals surface area contributed by atoms with Crippen LogP contribution in [0.3, 0.4) is 0 Å². The second kappa shape index (κ2) is 5.47. The van der Waals surface area contributed by atoms with Gasteiger partial charge in [0.1, 0.15) is 0 Å². The second-order valence-corrected chi connectivity index (χ2v) is 1.93. The summed E-state index contributed by atoms with van der Waals surface area (Å²) in [5.41, 5.74) is 6.99. The minimum Gasteiger partial charge on any atom is -0.397 e. The van der Waals surface area contributed by atoms with Gasteiger partial charge in [0.05, 0.1) is 11.4 Å². The molecule has 2 N–H and O–H groups in total. The molecule has 0 unspecified atom stereocenters. The molecule has 11 heavy (non-hydrogen) atoms. The van der Waals surface area contributed by atoms with Gasteiger partial charge in [-0.05, 0) is 26.0 Å². The first kappa shape index (κ1) is 9.69. The zero-order chi connectivity index (χ0) is 8.69. The van der Waals surface area contributed by atoms with Crippen molar-refractivity contribution in [3.63, 3.8) is 0 Å². The highest BCUT2D eigenvalue weighted by atomic mass is 14.8. The maximum atomic E-state index is 5.63. The Morgan fingerprint density at radius 1 is 1.45 bits per heavy atom. The molecule has 0 aliphatic carbocycles. The van der Waals surface area contributed by atoms with Crippen LogP contribution in [-0.2, 0) is 0 Å². The Morgan fingerprint density at radius 2 is 2.09 bits per heavy atom. The van der Waals surface area contributed by atoms with Crippen molar-refractivity contribution in [3.8, 4) is 0 Å². The van der Waals surface area contributed by atoms with E-state index in [1.54, 1.807) is 18.4 Å². The Kier molecular flexibility index (Phi) is 4.82. The molecule has 0 heterocycles. The molecule has 0 spiro atoms. The minimum absolute atomic E-state index is 0.639. The lowest BCUT2D eigenvalue weighted by molar-refractivity contribution is 1.28. The maximum Gasteiger partial charge on any atom is 0.0848 e. The average molecular weight is 150 g/mol. The Hall–Kier alpha value is -1.31. The monoisotopic (exact) mass is 150 g/mol. The van der Waals surface area contributed by atoms with Gasteiger partial charge in [0, 0.05) is 6.21 Å². The molecule has 0 amide bonds. The van der Waals surface area contributed by atoms with Crippen molar-refractivity contribution < 1.29 is 0 Å². The maximum absolute atomic E-state index is 5.63. The van der Waals surface area contributed by atoms with E-state index >= 15 is 0 Å². The van der Waals surface area contributed by atoms with Gasteiger partial charge >= 0.3 is 0 Å². The lowest BCUT2D eigenvalue weighted by Gasteiger charge is -1.95. The summed E-state index contributed by atoms with van der Waals surface area (Å²) in [4.78, 5) is 4.02. The van der Waals surface area contributed by atoms with Crippen LogP contribution in [0.5, 0.6) is 0 Å². The average Bonchev–Trinajstić information content (AvgIpc) is 2.00. The summed E-state index contributed by atoms with van der Waals surface area (Å²) in [7, 11) is 0. The summed E-state index contributed by atoms with van der Waals surface area (Å²) in [5, 5.41) is 0. The van der Waals surface area contributed by atoms with Crippen molar-refractivity contribution in [1.29, 1.82) is 0 Å². The lowest BCUT2D eigenvalue weighted by atomic mass is 10.3. The second-order valence-electron chi connectivity index (χ2n) is 1.93. The molecule has 0 bridgehead atoms. The summed E-state index contributed by atoms with van der Waals surface area (Å²) in [6, 6.07) is 0. The van der Waals surface area contributed by atoms with Gasteiger partial charge in [-0.3, -0.25) is 4.99 Å². The molecule has 0 aromatic heterocycles. The van der Waals surface area contributed by atoms with E-state index in [0.29, 0.717) is 11.4 Å². The molecule has 0 aromatic carbocycles. The van der Waals surface area contributed by atoms with Crippen LogP contribution < -0.4 is 5.73 Å². The third kappa shape index (κ3) is 3.40. The highest BCUT2D eigenvalue weighted by Crippen LogP contribution is 2.02. The number of nitrogens with two attached hydrogens (primary N) is 1. The molecule has 0 aliphatic heterocycles. The Balaban J connectivity index is 4.66. The predicted molar refractivity (Wildman–Crippen MR) is 50.4 cm³/mol. The van der Waals surface area contributed by atoms with Crippen molar-refractivity contribution in [1.82, 2.24) is 0 Å². The molecule has 0 saturated carbocycles. The topological polar surface area (TPSA) is 38.4 Å². The summed E-state index contributed by atoms with van der Waals surface area (Å²) in [5.74, 6) is 0. The van der Waals surface area contributed by atoms with Crippen molar-refractivity contribution in [2.45, 2.75) is 13.8 Å². The lowest BCUT2D eigenvalue weighted by Crippen LogP contribution is -1.96. The molecule has 0 fully saturated rings. The third-order valence-corrected chi connectivity index (χ3v) is 1.10. The molecule has 0 aliphatic rings. The molecule has 0 atom stereocenters. The standard InChI is InChI=1S/C9H14N2/c1-4-7-8(10)9(5-2)11-6-3/h4-7H,2,10H2,1,3H3/b7-4-,9-8-,11-6?. The summed E-state index contributed by atoms with van der Waals surface area (Å²) >= 11 is 0. The van der Waals surface area contributed by atoms with E-state index in [-0.39, 0.29) is 0 Å². The van der Waals surface area contributed by atoms with Gasteiger partial charge in [-0.15, -0.1) is 0 Å². The molecule has 0 aromatic rings. The Morgan fingerprint density at radius 3 is 2.45 bits per heavy atom. The molecular formula is C9H14N2. The fourth-order valence-corrected chi connectivity index (χ4v) is 0.649. The fraction of sp³-hybridized carbons (Fsp3) is 0.222. The van der Waals surface area contributed by atoms with Crippen LogP contribution >= 0.6 is 0 Å². The van der Waals surface area contributed by atoms with Gasteiger partial charge in [-0.25, -0.2) is 0 Å². The van der Waals surface area contributed by atoms with E-state index in [1.807, 2.05) is 19.9 Å². The predicted octanol–water partition coefficient (Wildman–Crippen LogP) is 2.01. The molecule has 2 nitrogen and oxygen atoms in total. The molecule has 60 valence electrons. The van der Waals surface area contributed by atoms with Gasteiger partial charge in [-0.1, -0.05) is 12.7 Å². The normalized spacial score (nSPS) is 14.0. The van der Waals surface area contributed by atoms with E-state index in [0.717, 1.165) is 0 Å². The van der Waals surface area contributed by atoms with Crippen LogP contribution in [0.2, 0.25) is 0 Å². The van der Waals surface area contributed by atoms with Gasteiger partial charge in [-0.2, -0.15) is 0 Å². The van der Waals surface area contributed by atoms with E-state index < -0.39 is 0 Å². The molecule has 0 rings (SSSR count). The quantitative estimate of drug-likeness (QED) is 0.485. The number of nitrogens with zero attached hydrogens (tertiary/aromatic N) is 1. The van der Waals surface area contributed by atoms with Crippen molar-refractivity contribution in [2.24, 2.45) is 10.7 Å². The molecular weight excluding hydrogens is 136 g/mol. The molecule has 2 heteroatoms. The number of hydrogen-bond donors (Lipinski definition) is 1. The zero-order valence-corrected chi connectivity index (χ0v) is 7.04. The van der Waals surface area contributed by atoms with Gasteiger partial charge < -0.3 is 5.73 Å². The molecule has 0 radical (unpaired) electrons. The number of aliphatic imine (C=N–C) groups is 1. The number of hydrogen-bond acceptors (Lipinski definition) is 2. The van der Waals surface area contributed by atoms with Crippen LogP contribution in [0, 0.1) is 0 Å². The minimum atomic E-state index is 0.639. The van der Waals surface area contributed by atoms with Crippen molar-refractivity contribution in [3.05, 3.63) is 36.2 Å². The van der Waals surface area contributed by atoms with E-state index in [9.17, 15) is 0 Å². The van der Waals surface area contributed by atoms with E-state index in [1.165, 1.54) is 0 Å². The van der Waals surface area contributed by atoms with Gasteiger partial charge in [0.15, 0.2) is 0 Å². The van der Waals surface area contributed by atoms with Crippen molar-refractivity contribution >= 4 is 6.21 Å². The fourth-order valence-electron chi connectivity index (χ4n) is 0.649. The first-order valence-electron chi connectivity index (χ1n) is 3.49. The van der Waals surface area contributed by atoms with Gasteiger partial charge in [0.25, 0.3) is 0 Å². The summed E-state index contributed by atoms with van der Waals surface area (Å²) in [6.07, 6.45) is 6.98. The highest BCUT2D eigenvalue weighted by molar-refractivity contribution is 5.56. The van der Waals surface area contributed by atoms with Crippen LogP contribution in [0.4, 0.5) is 0 Å². The Labute approximate surface area is 67.8 Å². The van der Waals surface area contributed by atoms with E-state index in [4.69, 9.17) is 5.73 Å². The third-order valence-electron chi connectivity index (χ3n) is 1.10. The summed E-state index contributed by atoms with van der Waals surface area (Å²) < 4.78 is 0. The van der Waals surface area contributed by atoms with Crippen LogP contribution in [0.25, 0.3) is 0 Å². The largest absolute Gasteiger partial charge is 0.397 e. The molecule has 0 saturated heterocycles. The SMILES string of the molecule is C=C/C(N=CC)=C(N)\C=C/C. The highest BCUT2D eigenvalue weighted by Gasteiger charge is 1.90. The van der Waals surface area contributed by atoms with Crippen LogP contribution in [0.15, 0.2) is 41.2 Å². The van der Waals surface area contributed by atoms with Crippen molar-refractivity contribution in [2.75, 3.05) is 0 Å². The number of allylic oxidation sites excluding steroid dienone is 3. The smallest absolute Gasteiger partial charge is 0.0848 e. The Bertz CT molecular complexity index is 210. The van der Waals surface area contributed by atoms with Crippen LogP contribution in [-0.4, -0.2) is 6.21 Å². The first-order chi connectivity index (χ1) is 5.26. The van der Waals surface area contributed by atoms with Gasteiger partial charge in [0.2, 0.25) is 0 Å². The van der Waals surface area contributed by atoms with E-state index in [2.05, 4.69) is 11.6 Å². The number of rotatable bonds is 3. The first-order valence-corrected chi connectivity index (χ1v) is 3.49. The van der Waals surface area contributed by atoms with Crippen LogP contribution in [0.1, 0.15) is 13.8 Å².